The summed E-state index contributed by atoms with van der Waals surface area (Å²) in [6, 6.07) is 2.72. The lowest BCUT2D eigenvalue weighted by atomic mass is 9.76. The number of carboxylic acids is 1. The van der Waals surface area contributed by atoms with E-state index in [-0.39, 0.29) is 24.4 Å². The molecule has 0 atom stereocenters. The zero-order chi connectivity index (χ0) is 15.6. The van der Waals surface area contributed by atoms with Gasteiger partial charge in [-0.25, -0.2) is 4.39 Å². The van der Waals surface area contributed by atoms with Crippen LogP contribution in [0, 0.1) is 25.1 Å². The number of ketones is 1. The van der Waals surface area contributed by atoms with Gasteiger partial charge in [0, 0.05) is 12.0 Å². The Balaban J connectivity index is 2.26. The van der Waals surface area contributed by atoms with Crippen molar-refractivity contribution in [3.63, 3.8) is 0 Å². The second-order valence-corrected chi connectivity index (χ2v) is 6.29. The van der Waals surface area contributed by atoms with Crippen molar-refractivity contribution in [3.8, 4) is 0 Å². The number of rotatable bonds is 5. The number of carbonyl (C=O) groups is 2. The summed E-state index contributed by atoms with van der Waals surface area (Å²) in [6.07, 6.45) is 3.79. The normalized spacial score (nSPS) is 16.9. The molecule has 0 aromatic heterocycles. The molecule has 1 N–H and O–H groups in total. The number of halogens is 1. The van der Waals surface area contributed by atoms with Crippen molar-refractivity contribution in [2.45, 2.75) is 52.4 Å². The largest absolute Gasteiger partial charge is 0.481 e. The van der Waals surface area contributed by atoms with Crippen LogP contribution in [-0.4, -0.2) is 16.9 Å². The van der Waals surface area contributed by atoms with Gasteiger partial charge in [-0.2, -0.15) is 0 Å². The van der Waals surface area contributed by atoms with Crippen LogP contribution >= 0.6 is 0 Å². The molecule has 1 saturated carbocycles. The minimum atomic E-state index is -0.850. The van der Waals surface area contributed by atoms with Crippen molar-refractivity contribution in [3.05, 3.63) is 34.6 Å². The Morgan fingerprint density at radius 3 is 2.14 bits per heavy atom. The molecule has 1 fully saturated rings. The summed E-state index contributed by atoms with van der Waals surface area (Å²) in [5.74, 6) is -1.26. The van der Waals surface area contributed by atoms with E-state index in [0.29, 0.717) is 16.7 Å². The zero-order valence-electron chi connectivity index (χ0n) is 12.5. The van der Waals surface area contributed by atoms with Crippen LogP contribution in [0.3, 0.4) is 0 Å². The van der Waals surface area contributed by atoms with Crippen LogP contribution in [0.4, 0.5) is 4.39 Å². The molecule has 0 amide bonds. The van der Waals surface area contributed by atoms with Gasteiger partial charge in [0.2, 0.25) is 0 Å². The van der Waals surface area contributed by atoms with Gasteiger partial charge in [0.15, 0.2) is 5.78 Å². The van der Waals surface area contributed by atoms with E-state index in [1.807, 2.05) is 0 Å². The smallest absolute Gasteiger partial charge is 0.303 e. The highest BCUT2D eigenvalue weighted by molar-refractivity contribution is 5.99. The molecule has 1 aliphatic rings. The van der Waals surface area contributed by atoms with Crippen LogP contribution in [-0.2, 0) is 4.79 Å². The number of carboxylic acid groups (broad SMARTS) is 1. The van der Waals surface area contributed by atoms with E-state index >= 15 is 0 Å². The van der Waals surface area contributed by atoms with Crippen LogP contribution in [0.2, 0.25) is 0 Å². The van der Waals surface area contributed by atoms with Crippen molar-refractivity contribution < 1.29 is 19.1 Å². The van der Waals surface area contributed by atoms with E-state index < -0.39 is 11.4 Å². The SMILES string of the molecule is Cc1cc(F)cc(C)c1C(=O)CC1(CC(=O)O)CCCC1. The molecule has 0 radical (unpaired) electrons. The maximum Gasteiger partial charge on any atom is 0.303 e. The summed E-state index contributed by atoms with van der Waals surface area (Å²) in [5, 5.41) is 9.11. The van der Waals surface area contributed by atoms with Gasteiger partial charge in [0.1, 0.15) is 5.82 Å². The lowest BCUT2D eigenvalue weighted by Gasteiger charge is -2.27. The van der Waals surface area contributed by atoms with Crippen LogP contribution in [0.1, 0.15) is 60.0 Å². The van der Waals surface area contributed by atoms with E-state index in [1.54, 1.807) is 13.8 Å². The van der Waals surface area contributed by atoms with Crippen LogP contribution in [0.5, 0.6) is 0 Å². The first kappa shape index (κ1) is 15.7. The van der Waals surface area contributed by atoms with Crippen LogP contribution < -0.4 is 0 Å². The summed E-state index contributed by atoms with van der Waals surface area (Å²) in [5.41, 5.74) is 1.38. The summed E-state index contributed by atoms with van der Waals surface area (Å²) in [6.45, 7) is 3.45. The fourth-order valence-corrected chi connectivity index (χ4v) is 3.64. The first-order chi connectivity index (χ1) is 9.83. The molecule has 1 aromatic carbocycles. The number of aryl methyl sites for hydroxylation is 2. The van der Waals surface area contributed by atoms with Gasteiger partial charge in [-0.05, 0) is 55.4 Å². The Morgan fingerprint density at radius 2 is 1.67 bits per heavy atom. The number of Topliss-reactive ketones (excluding diaryl/α,β-unsaturated/α-hetero) is 1. The number of carbonyl (C=O) groups excluding carboxylic acids is 1. The molecule has 4 heteroatoms. The predicted molar refractivity (Wildman–Crippen MR) is 78.0 cm³/mol. The molecule has 0 aliphatic heterocycles. The van der Waals surface area contributed by atoms with Crippen molar-refractivity contribution in [2.24, 2.45) is 5.41 Å². The molecule has 0 spiro atoms. The Morgan fingerprint density at radius 1 is 1.14 bits per heavy atom. The van der Waals surface area contributed by atoms with Gasteiger partial charge in [-0.1, -0.05) is 12.8 Å². The molecule has 0 heterocycles. The third-order valence-electron chi connectivity index (χ3n) is 4.50. The average Bonchev–Trinajstić information content (AvgIpc) is 2.74. The Labute approximate surface area is 124 Å². The molecule has 1 aliphatic carbocycles. The van der Waals surface area contributed by atoms with Gasteiger partial charge in [0.05, 0.1) is 6.42 Å². The Bertz CT molecular complexity index is 548. The summed E-state index contributed by atoms with van der Waals surface area (Å²) in [7, 11) is 0. The monoisotopic (exact) mass is 292 g/mol. The van der Waals surface area contributed by atoms with E-state index in [4.69, 9.17) is 5.11 Å². The lowest BCUT2D eigenvalue weighted by Crippen LogP contribution is -2.25. The number of hydrogen-bond donors (Lipinski definition) is 1. The Kier molecular flexibility index (Phi) is 4.45. The highest BCUT2D eigenvalue weighted by Crippen LogP contribution is 2.45. The van der Waals surface area contributed by atoms with Gasteiger partial charge in [0.25, 0.3) is 0 Å². The van der Waals surface area contributed by atoms with Gasteiger partial charge >= 0.3 is 5.97 Å². The van der Waals surface area contributed by atoms with Gasteiger partial charge in [-0.15, -0.1) is 0 Å². The highest BCUT2D eigenvalue weighted by atomic mass is 19.1. The number of hydrogen-bond acceptors (Lipinski definition) is 2. The maximum atomic E-state index is 13.3. The molecular formula is C17H21FO3. The predicted octanol–water partition coefficient (Wildman–Crippen LogP) is 4.05. The second kappa shape index (κ2) is 5.96. The molecule has 0 bridgehead atoms. The molecule has 3 nitrogen and oxygen atoms in total. The topological polar surface area (TPSA) is 54.4 Å². The van der Waals surface area contributed by atoms with E-state index in [9.17, 15) is 14.0 Å². The average molecular weight is 292 g/mol. The quantitative estimate of drug-likeness (QED) is 0.833. The standard InChI is InChI=1S/C17H21FO3/c1-11-7-13(18)8-12(2)16(11)14(19)9-17(10-15(20)21)5-3-4-6-17/h7-8H,3-6,9-10H2,1-2H3,(H,20,21). The van der Waals surface area contributed by atoms with Crippen molar-refractivity contribution in [2.75, 3.05) is 0 Å². The number of benzene rings is 1. The molecule has 2 rings (SSSR count). The highest BCUT2D eigenvalue weighted by Gasteiger charge is 2.38. The van der Waals surface area contributed by atoms with Crippen molar-refractivity contribution in [1.29, 1.82) is 0 Å². The Hall–Kier alpha value is -1.71. The van der Waals surface area contributed by atoms with Crippen LogP contribution in [0.15, 0.2) is 12.1 Å². The first-order valence-electron chi connectivity index (χ1n) is 7.35. The molecule has 21 heavy (non-hydrogen) atoms. The molecule has 114 valence electrons. The summed E-state index contributed by atoms with van der Waals surface area (Å²) in [4.78, 5) is 23.7. The van der Waals surface area contributed by atoms with E-state index in [2.05, 4.69) is 0 Å². The van der Waals surface area contributed by atoms with Crippen LogP contribution in [0.25, 0.3) is 0 Å². The molecule has 1 aromatic rings. The lowest BCUT2D eigenvalue weighted by molar-refractivity contribution is -0.139. The third-order valence-corrected chi connectivity index (χ3v) is 4.50. The van der Waals surface area contributed by atoms with Crippen molar-refractivity contribution in [1.82, 2.24) is 0 Å². The summed E-state index contributed by atoms with van der Waals surface area (Å²) < 4.78 is 13.3. The molecular weight excluding hydrogens is 271 g/mol. The van der Waals surface area contributed by atoms with Gasteiger partial charge < -0.3 is 5.11 Å². The van der Waals surface area contributed by atoms with Crippen molar-refractivity contribution >= 4 is 11.8 Å². The van der Waals surface area contributed by atoms with E-state index in [0.717, 1.165) is 25.7 Å². The fourth-order valence-electron chi connectivity index (χ4n) is 3.64. The van der Waals surface area contributed by atoms with Gasteiger partial charge in [-0.3, -0.25) is 9.59 Å². The minimum Gasteiger partial charge on any atom is -0.481 e. The third kappa shape index (κ3) is 3.49. The molecule has 0 unspecified atom stereocenters. The minimum absolute atomic E-state index is 0.0397. The molecule has 0 saturated heterocycles. The maximum absolute atomic E-state index is 13.3. The summed E-state index contributed by atoms with van der Waals surface area (Å²) >= 11 is 0. The number of aliphatic carboxylic acids is 1. The zero-order valence-corrected chi connectivity index (χ0v) is 12.5. The fraction of sp³-hybridized carbons (Fsp3) is 0.529. The van der Waals surface area contributed by atoms with E-state index in [1.165, 1.54) is 12.1 Å². The first-order valence-corrected chi connectivity index (χ1v) is 7.35. The second-order valence-electron chi connectivity index (χ2n) is 6.29.